The molecule has 0 fully saturated rings. The van der Waals surface area contributed by atoms with Crippen molar-refractivity contribution in [3.05, 3.63) is 109 Å². The van der Waals surface area contributed by atoms with Gasteiger partial charge in [0, 0.05) is 28.2 Å². The number of carbonyl (C=O) groups is 1. The van der Waals surface area contributed by atoms with Crippen LogP contribution in [0.5, 0.6) is 11.5 Å². The van der Waals surface area contributed by atoms with Crippen LogP contribution in [-0.4, -0.2) is 10.9 Å². The third-order valence-corrected chi connectivity index (χ3v) is 5.45. The topological polar surface area (TPSA) is 128 Å². The molecule has 1 unspecified atom stereocenters. The van der Waals surface area contributed by atoms with Gasteiger partial charge in [-0.05, 0) is 35.9 Å². The minimum absolute atomic E-state index is 0.0632. The number of nitriles is 1. The standard InChI is InChI=1S/C23H14BrN3O5/c24-15-5-1-14(2-6-15)23(28)31-17-9-10-18-20(11-17)32-22(26)19(12-25)21(18)13-3-7-16(8-4-13)27(29)30/h1-11,21H,26H2. The number of benzene rings is 3. The Labute approximate surface area is 190 Å². The van der Waals surface area contributed by atoms with E-state index in [0.717, 1.165) is 4.47 Å². The van der Waals surface area contributed by atoms with E-state index in [-0.39, 0.29) is 22.9 Å². The van der Waals surface area contributed by atoms with E-state index >= 15 is 0 Å². The number of non-ortho nitro benzene ring substituents is 1. The summed E-state index contributed by atoms with van der Waals surface area (Å²) in [5.74, 6) is -0.639. The second-order valence-corrected chi connectivity index (χ2v) is 7.79. The maximum atomic E-state index is 12.4. The van der Waals surface area contributed by atoms with Crippen LogP contribution in [0.15, 0.2) is 82.7 Å². The van der Waals surface area contributed by atoms with Gasteiger partial charge in [0.25, 0.3) is 5.69 Å². The van der Waals surface area contributed by atoms with E-state index in [1.165, 1.54) is 18.2 Å². The fourth-order valence-electron chi connectivity index (χ4n) is 3.38. The summed E-state index contributed by atoms with van der Waals surface area (Å²) in [7, 11) is 0. The molecule has 0 spiro atoms. The molecule has 0 amide bonds. The first kappa shape index (κ1) is 21.1. The zero-order valence-corrected chi connectivity index (χ0v) is 17.9. The number of carbonyl (C=O) groups excluding carboxylic acids is 1. The molecule has 0 radical (unpaired) electrons. The van der Waals surface area contributed by atoms with Gasteiger partial charge in [0.15, 0.2) is 0 Å². The van der Waals surface area contributed by atoms with Crippen LogP contribution in [0.2, 0.25) is 0 Å². The van der Waals surface area contributed by atoms with E-state index in [4.69, 9.17) is 15.2 Å². The predicted octanol–water partition coefficient (Wildman–Crippen LogP) is 4.79. The van der Waals surface area contributed by atoms with Crippen molar-refractivity contribution >= 4 is 27.6 Å². The van der Waals surface area contributed by atoms with E-state index in [1.54, 1.807) is 48.5 Å². The number of fused-ring (bicyclic) bond motifs is 1. The molecular weight excluding hydrogens is 478 g/mol. The van der Waals surface area contributed by atoms with Gasteiger partial charge in [0.05, 0.1) is 16.4 Å². The lowest BCUT2D eigenvalue weighted by molar-refractivity contribution is -0.384. The van der Waals surface area contributed by atoms with Gasteiger partial charge in [0.1, 0.15) is 23.1 Å². The van der Waals surface area contributed by atoms with Gasteiger partial charge in [-0.25, -0.2) is 4.79 Å². The highest BCUT2D eigenvalue weighted by atomic mass is 79.9. The summed E-state index contributed by atoms with van der Waals surface area (Å²) in [6.45, 7) is 0. The summed E-state index contributed by atoms with van der Waals surface area (Å²) in [5, 5.41) is 20.6. The maximum absolute atomic E-state index is 12.4. The average Bonchev–Trinajstić information content (AvgIpc) is 2.78. The lowest BCUT2D eigenvalue weighted by atomic mass is 9.83. The molecule has 0 aromatic heterocycles. The molecule has 3 aromatic rings. The molecule has 8 nitrogen and oxygen atoms in total. The van der Waals surface area contributed by atoms with E-state index in [9.17, 15) is 20.2 Å². The number of ether oxygens (including phenoxy) is 2. The molecule has 3 aromatic carbocycles. The number of halogens is 1. The zero-order valence-electron chi connectivity index (χ0n) is 16.3. The monoisotopic (exact) mass is 491 g/mol. The summed E-state index contributed by atoms with van der Waals surface area (Å²) in [5.41, 5.74) is 7.74. The molecule has 4 rings (SSSR count). The number of allylic oxidation sites excluding steroid dienone is 1. The highest BCUT2D eigenvalue weighted by Gasteiger charge is 2.31. The van der Waals surface area contributed by atoms with Crippen molar-refractivity contribution in [3.63, 3.8) is 0 Å². The number of hydrogen-bond donors (Lipinski definition) is 1. The molecule has 1 aliphatic rings. The molecule has 0 saturated carbocycles. The molecule has 0 bridgehead atoms. The first-order chi connectivity index (χ1) is 15.4. The molecule has 1 atom stereocenters. The molecule has 2 N–H and O–H groups in total. The van der Waals surface area contributed by atoms with Gasteiger partial charge in [-0.1, -0.05) is 34.1 Å². The summed E-state index contributed by atoms with van der Waals surface area (Å²) in [6, 6.07) is 19.4. The minimum Gasteiger partial charge on any atom is -0.440 e. The Morgan fingerprint density at radius 2 is 1.81 bits per heavy atom. The molecule has 158 valence electrons. The Bertz CT molecular complexity index is 1290. The van der Waals surface area contributed by atoms with Crippen molar-refractivity contribution in [1.29, 1.82) is 5.26 Å². The van der Waals surface area contributed by atoms with Gasteiger partial charge < -0.3 is 15.2 Å². The third kappa shape index (κ3) is 4.04. The highest BCUT2D eigenvalue weighted by molar-refractivity contribution is 9.10. The van der Waals surface area contributed by atoms with E-state index < -0.39 is 16.8 Å². The van der Waals surface area contributed by atoms with E-state index in [1.807, 2.05) is 0 Å². The smallest absolute Gasteiger partial charge is 0.343 e. The minimum atomic E-state index is -0.583. The molecule has 9 heteroatoms. The van der Waals surface area contributed by atoms with Crippen LogP contribution in [0, 0.1) is 21.4 Å². The maximum Gasteiger partial charge on any atom is 0.343 e. The van der Waals surface area contributed by atoms with E-state index in [2.05, 4.69) is 22.0 Å². The van der Waals surface area contributed by atoms with Crippen LogP contribution in [0.4, 0.5) is 5.69 Å². The van der Waals surface area contributed by atoms with Crippen LogP contribution in [0.25, 0.3) is 0 Å². The van der Waals surface area contributed by atoms with Crippen LogP contribution >= 0.6 is 15.9 Å². The van der Waals surface area contributed by atoms with Crippen molar-refractivity contribution in [2.75, 3.05) is 0 Å². The van der Waals surface area contributed by atoms with Crippen molar-refractivity contribution in [2.45, 2.75) is 5.92 Å². The normalized spacial score (nSPS) is 14.7. The van der Waals surface area contributed by atoms with Gasteiger partial charge >= 0.3 is 5.97 Å². The fourth-order valence-corrected chi connectivity index (χ4v) is 3.65. The fraction of sp³-hybridized carbons (Fsp3) is 0.0435. The molecule has 0 aliphatic carbocycles. The SMILES string of the molecule is N#CC1=C(N)Oc2cc(OC(=O)c3ccc(Br)cc3)ccc2C1c1ccc([N+](=O)[O-])cc1. The van der Waals surface area contributed by atoms with Crippen molar-refractivity contribution in [1.82, 2.24) is 0 Å². The Kier molecular flexibility index (Phi) is 5.62. The second kappa shape index (κ2) is 8.53. The van der Waals surface area contributed by atoms with Gasteiger partial charge in [-0.15, -0.1) is 0 Å². The first-order valence-electron chi connectivity index (χ1n) is 9.31. The summed E-state index contributed by atoms with van der Waals surface area (Å²) >= 11 is 3.31. The van der Waals surface area contributed by atoms with Crippen LogP contribution in [0.1, 0.15) is 27.4 Å². The average molecular weight is 492 g/mol. The lowest BCUT2D eigenvalue weighted by Gasteiger charge is -2.26. The van der Waals surface area contributed by atoms with E-state index in [0.29, 0.717) is 22.4 Å². The van der Waals surface area contributed by atoms with Crippen molar-refractivity contribution < 1.29 is 19.2 Å². The quantitative estimate of drug-likeness (QED) is 0.240. The second-order valence-electron chi connectivity index (χ2n) is 6.87. The number of nitrogens with zero attached hydrogens (tertiary/aromatic N) is 2. The Hall–Kier alpha value is -4.16. The third-order valence-electron chi connectivity index (χ3n) is 4.92. The van der Waals surface area contributed by atoms with Crippen molar-refractivity contribution in [3.8, 4) is 17.6 Å². The molecule has 0 saturated heterocycles. The molecule has 32 heavy (non-hydrogen) atoms. The van der Waals surface area contributed by atoms with Crippen LogP contribution in [-0.2, 0) is 0 Å². The number of nitro benzene ring substituents is 1. The number of nitro groups is 1. The summed E-state index contributed by atoms with van der Waals surface area (Å²) in [6.07, 6.45) is 0. The Balaban J connectivity index is 1.68. The van der Waals surface area contributed by atoms with Crippen LogP contribution in [0.3, 0.4) is 0 Å². The Morgan fingerprint density at radius 1 is 1.12 bits per heavy atom. The summed E-state index contributed by atoms with van der Waals surface area (Å²) in [4.78, 5) is 22.9. The first-order valence-corrected chi connectivity index (χ1v) is 10.1. The number of nitrogens with two attached hydrogens (primary N) is 1. The van der Waals surface area contributed by atoms with Crippen LogP contribution < -0.4 is 15.2 Å². The zero-order chi connectivity index (χ0) is 22.8. The lowest BCUT2D eigenvalue weighted by Crippen LogP contribution is -2.21. The van der Waals surface area contributed by atoms with Gasteiger partial charge in [-0.3, -0.25) is 10.1 Å². The summed E-state index contributed by atoms with van der Waals surface area (Å²) < 4.78 is 11.9. The number of esters is 1. The molecule has 1 aliphatic heterocycles. The largest absolute Gasteiger partial charge is 0.440 e. The molecular formula is C23H14BrN3O5. The highest BCUT2D eigenvalue weighted by Crippen LogP contribution is 2.43. The van der Waals surface area contributed by atoms with Gasteiger partial charge in [0.2, 0.25) is 5.88 Å². The van der Waals surface area contributed by atoms with Gasteiger partial charge in [-0.2, -0.15) is 5.26 Å². The number of hydrogen-bond acceptors (Lipinski definition) is 7. The predicted molar refractivity (Wildman–Crippen MR) is 118 cm³/mol. The molecule has 1 heterocycles. The van der Waals surface area contributed by atoms with Crippen molar-refractivity contribution in [2.24, 2.45) is 5.73 Å². The Morgan fingerprint density at radius 3 is 2.44 bits per heavy atom. The number of rotatable bonds is 4.